The maximum Gasteiger partial charge on any atom is 0.320 e. The zero-order chi connectivity index (χ0) is 27.8. The standard InChI is InChI=1S/C26H40N4O8/c1-35-23(31)17-27-9-11-28(18-24(32)36-2)13-15-30(16-14-29(12-10-27)19-25(33)37-3)20-26(34)38-21-22-7-5-4-6-8-22/h4-8H,9-21H2,1-3H3. The summed E-state index contributed by atoms with van der Waals surface area (Å²) in [5.74, 6) is -1.45. The number of hydrogen-bond donors (Lipinski definition) is 0. The predicted octanol–water partition coefficient (Wildman–Crippen LogP) is -0.530. The Morgan fingerprint density at radius 3 is 1.18 bits per heavy atom. The highest BCUT2D eigenvalue weighted by molar-refractivity contribution is 5.72. The van der Waals surface area contributed by atoms with E-state index in [1.54, 1.807) is 0 Å². The minimum absolute atomic E-state index is 0.0689. The minimum Gasteiger partial charge on any atom is -0.468 e. The fourth-order valence-corrected chi connectivity index (χ4v) is 3.92. The molecule has 1 fully saturated rings. The van der Waals surface area contributed by atoms with Crippen molar-refractivity contribution in [1.29, 1.82) is 0 Å². The van der Waals surface area contributed by atoms with Gasteiger partial charge in [-0.15, -0.1) is 0 Å². The van der Waals surface area contributed by atoms with Crippen LogP contribution in [-0.2, 0) is 44.7 Å². The van der Waals surface area contributed by atoms with Gasteiger partial charge in [-0.3, -0.25) is 38.8 Å². The minimum atomic E-state index is -0.366. The third kappa shape index (κ3) is 12.5. The number of carbonyl (C=O) groups is 4. The van der Waals surface area contributed by atoms with Gasteiger partial charge in [-0.25, -0.2) is 0 Å². The third-order valence-electron chi connectivity index (χ3n) is 6.27. The topological polar surface area (TPSA) is 118 Å². The van der Waals surface area contributed by atoms with Crippen molar-refractivity contribution in [3.8, 4) is 0 Å². The van der Waals surface area contributed by atoms with Gasteiger partial charge in [0.25, 0.3) is 0 Å². The number of ether oxygens (including phenoxy) is 4. The van der Waals surface area contributed by atoms with Gasteiger partial charge >= 0.3 is 23.9 Å². The summed E-state index contributed by atoms with van der Waals surface area (Å²) < 4.78 is 20.0. The average molecular weight is 537 g/mol. The van der Waals surface area contributed by atoms with Crippen LogP contribution in [0.1, 0.15) is 5.56 Å². The Bertz CT molecular complexity index is 851. The summed E-state index contributed by atoms with van der Waals surface area (Å²) in [6.45, 7) is 4.46. The first kappa shape index (κ1) is 31.2. The van der Waals surface area contributed by atoms with Gasteiger partial charge in [0.05, 0.1) is 47.5 Å². The Morgan fingerprint density at radius 1 is 0.553 bits per heavy atom. The quantitative estimate of drug-likeness (QED) is 0.283. The molecule has 0 N–H and O–H groups in total. The lowest BCUT2D eigenvalue weighted by Crippen LogP contribution is -2.49. The van der Waals surface area contributed by atoms with E-state index >= 15 is 0 Å². The van der Waals surface area contributed by atoms with E-state index in [1.165, 1.54) is 21.3 Å². The summed E-state index contributed by atoms with van der Waals surface area (Å²) in [6, 6.07) is 9.46. The van der Waals surface area contributed by atoms with Gasteiger partial charge in [0.2, 0.25) is 0 Å². The normalized spacial score (nSPS) is 17.0. The molecule has 1 aliphatic rings. The lowest BCUT2D eigenvalue weighted by molar-refractivity contribution is -0.147. The fourth-order valence-electron chi connectivity index (χ4n) is 3.92. The molecule has 212 valence electrons. The average Bonchev–Trinajstić information content (AvgIpc) is 2.93. The Morgan fingerprint density at radius 2 is 0.868 bits per heavy atom. The molecule has 38 heavy (non-hydrogen) atoms. The summed E-state index contributed by atoms with van der Waals surface area (Å²) in [5, 5.41) is 0. The van der Waals surface area contributed by atoms with Gasteiger partial charge in [0.15, 0.2) is 0 Å². The molecule has 0 amide bonds. The molecule has 0 atom stereocenters. The predicted molar refractivity (Wildman–Crippen MR) is 138 cm³/mol. The van der Waals surface area contributed by atoms with Crippen LogP contribution in [0.4, 0.5) is 0 Å². The zero-order valence-corrected chi connectivity index (χ0v) is 22.6. The van der Waals surface area contributed by atoms with Gasteiger partial charge in [-0.05, 0) is 5.56 Å². The van der Waals surface area contributed by atoms with E-state index in [4.69, 9.17) is 18.9 Å². The smallest absolute Gasteiger partial charge is 0.320 e. The van der Waals surface area contributed by atoms with Crippen LogP contribution in [0.3, 0.4) is 0 Å². The van der Waals surface area contributed by atoms with E-state index in [-0.39, 0.29) is 56.7 Å². The molecule has 1 aromatic rings. The molecule has 0 aliphatic carbocycles. The van der Waals surface area contributed by atoms with E-state index in [9.17, 15) is 19.2 Å². The van der Waals surface area contributed by atoms with Gasteiger partial charge in [0, 0.05) is 52.4 Å². The zero-order valence-electron chi connectivity index (χ0n) is 22.6. The van der Waals surface area contributed by atoms with Crippen molar-refractivity contribution in [3.63, 3.8) is 0 Å². The summed E-state index contributed by atoms with van der Waals surface area (Å²) in [5.41, 5.74) is 0.902. The van der Waals surface area contributed by atoms with Crippen molar-refractivity contribution >= 4 is 23.9 Å². The van der Waals surface area contributed by atoms with Crippen LogP contribution in [-0.4, -0.2) is 143 Å². The number of nitrogens with zero attached hydrogens (tertiary/aromatic N) is 4. The van der Waals surface area contributed by atoms with Crippen molar-refractivity contribution in [2.24, 2.45) is 0 Å². The summed E-state index contributed by atoms with van der Waals surface area (Å²) in [4.78, 5) is 56.4. The monoisotopic (exact) mass is 536 g/mol. The van der Waals surface area contributed by atoms with Crippen molar-refractivity contribution in [3.05, 3.63) is 35.9 Å². The molecule has 1 aliphatic heterocycles. The lowest BCUT2D eigenvalue weighted by atomic mass is 10.2. The van der Waals surface area contributed by atoms with Gasteiger partial charge in [-0.2, -0.15) is 0 Å². The second-order valence-electron chi connectivity index (χ2n) is 8.98. The van der Waals surface area contributed by atoms with Gasteiger partial charge < -0.3 is 18.9 Å². The second-order valence-corrected chi connectivity index (χ2v) is 8.98. The molecule has 12 heteroatoms. The molecule has 0 unspecified atom stereocenters. The van der Waals surface area contributed by atoms with Crippen molar-refractivity contribution in [2.75, 3.05) is 99.9 Å². The number of carbonyl (C=O) groups excluding carboxylic acids is 4. The largest absolute Gasteiger partial charge is 0.468 e. The highest BCUT2D eigenvalue weighted by Gasteiger charge is 2.22. The molecule has 0 bridgehead atoms. The number of esters is 4. The van der Waals surface area contributed by atoms with Gasteiger partial charge in [-0.1, -0.05) is 30.3 Å². The number of hydrogen-bond acceptors (Lipinski definition) is 12. The summed E-state index contributed by atoms with van der Waals surface area (Å²) in [7, 11) is 4.02. The molecule has 0 aromatic heterocycles. The number of benzene rings is 1. The highest BCUT2D eigenvalue weighted by Crippen LogP contribution is 2.05. The van der Waals surface area contributed by atoms with Crippen molar-refractivity contribution in [2.45, 2.75) is 6.61 Å². The molecule has 2 rings (SSSR count). The second kappa shape index (κ2) is 17.4. The molecule has 12 nitrogen and oxygen atoms in total. The van der Waals surface area contributed by atoms with E-state index < -0.39 is 0 Å². The fraction of sp³-hybridized carbons (Fsp3) is 0.615. The highest BCUT2D eigenvalue weighted by atomic mass is 16.5. The summed E-state index contributed by atoms with van der Waals surface area (Å²) in [6.07, 6.45) is 0. The third-order valence-corrected chi connectivity index (χ3v) is 6.27. The van der Waals surface area contributed by atoms with E-state index in [1.807, 2.05) is 49.9 Å². The van der Waals surface area contributed by atoms with E-state index in [0.717, 1.165) is 5.56 Å². The van der Waals surface area contributed by atoms with Crippen LogP contribution in [0, 0.1) is 0 Å². The first-order valence-electron chi connectivity index (χ1n) is 12.6. The van der Waals surface area contributed by atoms with Crippen molar-refractivity contribution in [1.82, 2.24) is 19.6 Å². The maximum absolute atomic E-state index is 12.7. The number of rotatable bonds is 10. The maximum atomic E-state index is 12.7. The first-order valence-corrected chi connectivity index (χ1v) is 12.6. The molecule has 1 saturated heterocycles. The molecular formula is C26H40N4O8. The Balaban J connectivity index is 2.11. The van der Waals surface area contributed by atoms with Crippen LogP contribution < -0.4 is 0 Å². The molecule has 1 heterocycles. The van der Waals surface area contributed by atoms with Crippen LogP contribution in [0.25, 0.3) is 0 Å². The summed E-state index contributed by atoms with van der Waals surface area (Å²) >= 11 is 0. The van der Waals surface area contributed by atoms with Crippen LogP contribution in [0.2, 0.25) is 0 Å². The van der Waals surface area contributed by atoms with E-state index in [2.05, 4.69) is 0 Å². The van der Waals surface area contributed by atoms with Crippen LogP contribution in [0.5, 0.6) is 0 Å². The Kier molecular flexibility index (Phi) is 14.3. The van der Waals surface area contributed by atoms with Gasteiger partial charge in [0.1, 0.15) is 6.61 Å². The molecule has 0 saturated carbocycles. The molecular weight excluding hydrogens is 496 g/mol. The molecule has 1 aromatic carbocycles. The van der Waals surface area contributed by atoms with Crippen LogP contribution in [0.15, 0.2) is 30.3 Å². The Labute approximate surface area is 224 Å². The van der Waals surface area contributed by atoms with Crippen molar-refractivity contribution < 1.29 is 38.1 Å². The van der Waals surface area contributed by atoms with E-state index in [0.29, 0.717) is 52.4 Å². The SMILES string of the molecule is COC(=O)CN1CCN(CC(=O)OC)CCN(CC(=O)OCc2ccccc2)CCN(CC(=O)OC)CC1. The Hall–Kier alpha value is -3.06. The molecule has 0 radical (unpaired) electrons. The lowest BCUT2D eigenvalue weighted by Gasteiger charge is -2.33. The van der Waals surface area contributed by atoms with Crippen LogP contribution >= 0.6 is 0 Å². The molecule has 0 spiro atoms. The first-order chi connectivity index (χ1) is 18.3. The number of methoxy groups -OCH3 is 3.